The number of rotatable bonds is 9. The minimum absolute atomic E-state index is 0.110. The largest absolute Gasteiger partial charge is 0.427 e. The quantitative estimate of drug-likeness (QED) is 0.161. The van der Waals surface area contributed by atoms with Crippen LogP contribution in [0, 0.1) is 17.5 Å². The van der Waals surface area contributed by atoms with Crippen LogP contribution < -0.4 is 10.4 Å². The van der Waals surface area contributed by atoms with Crippen LogP contribution in [-0.4, -0.2) is 5.97 Å². The molecule has 0 amide bonds. The van der Waals surface area contributed by atoms with E-state index in [9.17, 15) is 22.8 Å². The highest BCUT2D eigenvalue weighted by molar-refractivity contribution is 5.92. The number of carbonyl (C=O) groups excluding carboxylic acids is 1. The third kappa shape index (κ3) is 5.42. The van der Waals surface area contributed by atoms with Crippen molar-refractivity contribution >= 4 is 16.7 Å². The summed E-state index contributed by atoms with van der Waals surface area (Å²) >= 11 is 0. The Balaban J connectivity index is 1.79. The molecule has 0 N–H and O–H groups in total. The van der Waals surface area contributed by atoms with E-state index in [0.717, 1.165) is 25.0 Å². The van der Waals surface area contributed by atoms with Gasteiger partial charge in [0.15, 0.2) is 23.2 Å². The van der Waals surface area contributed by atoms with E-state index in [1.807, 2.05) is 12.2 Å². The van der Waals surface area contributed by atoms with Gasteiger partial charge in [0, 0.05) is 6.42 Å². The summed E-state index contributed by atoms with van der Waals surface area (Å²) in [5.74, 6) is -5.13. The van der Waals surface area contributed by atoms with Crippen molar-refractivity contribution in [2.75, 3.05) is 0 Å². The van der Waals surface area contributed by atoms with E-state index in [1.54, 1.807) is 13.0 Å². The zero-order chi connectivity index (χ0) is 24.0. The molecule has 2 aromatic carbocycles. The fraction of sp³-hybridized carbons (Fsp3) is 0.231. The van der Waals surface area contributed by atoms with Crippen LogP contribution in [-0.2, 0) is 12.8 Å². The summed E-state index contributed by atoms with van der Waals surface area (Å²) < 4.78 is 53.8. The van der Waals surface area contributed by atoms with Crippen LogP contribution in [0.4, 0.5) is 13.2 Å². The number of unbranched alkanes of at least 4 members (excludes halogenated alkanes) is 1. The molecule has 7 heteroatoms. The van der Waals surface area contributed by atoms with Crippen LogP contribution in [0.15, 0.2) is 64.4 Å². The predicted molar refractivity (Wildman–Crippen MR) is 120 cm³/mol. The summed E-state index contributed by atoms with van der Waals surface area (Å²) in [5.41, 5.74) is -1.48. The summed E-state index contributed by atoms with van der Waals surface area (Å²) in [6, 6.07) is 6.44. The molecule has 0 bridgehead atoms. The monoisotopic (exact) mass is 456 g/mol. The molecule has 0 aliphatic rings. The number of halogens is 3. The molecule has 3 rings (SSSR count). The molecule has 0 fully saturated rings. The van der Waals surface area contributed by atoms with Crippen LogP contribution in [0.1, 0.15) is 47.9 Å². The first-order valence-corrected chi connectivity index (χ1v) is 10.6. The lowest BCUT2D eigenvalue weighted by molar-refractivity contribution is 0.0722. The Kier molecular flexibility index (Phi) is 7.87. The third-order valence-corrected chi connectivity index (χ3v) is 5.10. The number of hydrogen-bond acceptors (Lipinski definition) is 4. The molecular weight excluding hydrogens is 433 g/mol. The molecule has 0 aliphatic heterocycles. The standard InChI is InChI=1S/C26H23F3O4/c1-3-5-6-7-8-9-10-16-11-13-19(23(28)22(16)27)25(30)33-20-14-12-17-15-18(4-2)32-26(31)21(17)24(20)29/h3,7-8,11-15H,1,4-6,9-10H2,2H3/b8-7+. The second-order valence-electron chi connectivity index (χ2n) is 7.36. The van der Waals surface area contributed by atoms with Gasteiger partial charge in [-0.2, -0.15) is 0 Å². The van der Waals surface area contributed by atoms with Gasteiger partial charge in [-0.1, -0.05) is 37.3 Å². The van der Waals surface area contributed by atoms with Crippen molar-refractivity contribution in [2.24, 2.45) is 0 Å². The minimum atomic E-state index is -1.37. The maximum Gasteiger partial charge on any atom is 0.346 e. The molecule has 0 saturated heterocycles. The number of carbonyl (C=O) groups is 1. The van der Waals surface area contributed by atoms with E-state index >= 15 is 0 Å². The average molecular weight is 456 g/mol. The van der Waals surface area contributed by atoms with Crippen molar-refractivity contribution in [2.45, 2.75) is 39.0 Å². The molecule has 33 heavy (non-hydrogen) atoms. The number of benzene rings is 2. The Labute approximate surface area is 189 Å². The van der Waals surface area contributed by atoms with Gasteiger partial charge in [-0.15, -0.1) is 6.58 Å². The highest BCUT2D eigenvalue weighted by Gasteiger charge is 2.22. The first-order valence-electron chi connectivity index (χ1n) is 10.6. The lowest BCUT2D eigenvalue weighted by Gasteiger charge is -2.10. The van der Waals surface area contributed by atoms with E-state index in [0.29, 0.717) is 18.6 Å². The minimum Gasteiger partial charge on any atom is -0.427 e. The van der Waals surface area contributed by atoms with Crippen LogP contribution in [0.25, 0.3) is 10.8 Å². The molecule has 0 spiro atoms. The normalized spacial score (nSPS) is 11.3. The van der Waals surface area contributed by atoms with Crippen molar-refractivity contribution in [3.8, 4) is 5.75 Å². The summed E-state index contributed by atoms with van der Waals surface area (Å²) in [5, 5.41) is -0.110. The van der Waals surface area contributed by atoms with Gasteiger partial charge < -0.3 is 9.15 Å². The van der Waals surface area contributed by atoms with Crippen LogP contribution >= 0.6 is 0 Å². The predicted octanol–water partition coefficient (Wildman–Crippen LogP) is 6.45. The van der Waals surface area contributed by atoms with E-state index in [-0.39, 0.29) is 22.8 Å². The number of hydrogen-bond donors (Lipinski definition) is 0. The van der Waals surface area contributed by atoms with Crippen molar-refractivity contribution in [1.29, 1.82) is 0 Å². The van der Waals surface area contributed by atoms with Gasteiger partial charge in [0.1, 0.15) is 11.1 Å². The second-order valence-corrected chi connectivity index (χ2v) is 7.36. The van der Waals surface area contributed by atoms with Gasteiger partial charge in [-0.25, -0.2) is 22.8 Å². The van der Waals surface area contributed by atoms with Gasteiger partial charge in [0.25, 0.3) is 0 Å². The van der Waals surface area contributed by atoms with Crippen molar-refractivity contribution in [3.05, 3.63) is 99.9 Å². The van der Waals surface area contributed by atoms with E-state index < -0.39 is 40.4 Å². The van der Waals surface area contributed by atoms with E-state index in [2.05, 4.69) is 6.58 Å². The van der Waals surface area contributed by atoms with Crippen LogP contribution in [0.5, 0.6) is 5.75 Å². The highest BCUT2D eigenvalue weighted by atomic mass is 19.2. The zero-order valence-corrected chi connectivity index (χ0v) is 18.1. The molecular formula is C26H23F3O4. The second kappa shape index (κ2) is 10.8. The Morgan fingerprint density at radius 2 is 1.79 bits per heavy atom. The maximum atomic E-state index is 14.8. The summed E-state index contributed by atoms with van der Waals surface area (Å²) in [7, 11) is 0. The smallest absolute Gasteiger partial charge is 0.346 e. The number of ether oxygens (including phenoxy) is 1. The summed E-state index contributed by atoms with van der Waals surface area (Å²) in [6.45, 7) is 5.40. The molecule has 4 nitrogen and oxygen atoms in total. The summed E-state index contributed by atoms with van der Waals surface area (Å²) in [4.78, 5) is 24.5. The van der Waals surface area contributed by atoms with Crippen molar-refractivity contribution in [3.63, 3.8) is 0 Å². The SMILES string of the molecule is C=CCC/C=C/CCc1ccc(C(=O)Oc2ccc3cc(CC)oc(=O)c3c2F)c(F)c1F. The number of aryl methyl sites for hydroxylation is 2. The molecule has 0 aliphatic carbocycles. The Bertz CT molecular complexity index is 1270. The van der Waals surface area contributed by atoms with Crippen LogP contribution in [0.2, 0.25) is 0 Å². The van der Waals surface area contributed by atoms with Gasteiger partial charge >= 0.3 is 11.6 Å². The third-order valence-electron chi connectivity index (χ3n) is 5.10. The zero-order valence-electron chi connectivity index (χ0n) is 18.1. The van der Waals surface area contributed by atoms with Crippen molar-refractivity contribution in [1.82, 2.24) is 0 Å². The van der Waals surface area contributed by atoms with Gasteiger partial charge in [-0.05, 0) is 54.8 Å². The molecule has 0 unspecified atom stereocenters. The lowest BCUT2D eigenvalue weighted by atomic mass is 10.0. The molecule has 0 radical (unpaired) electrons. The van der Waals surface area contributed by atoms with Gasteiger partial charge in [0.05, 0.1) is 5.56 Å². The van der Waals surface area contributed by atoms with Crippen molar-refractivity contribution < 1.29 is 27.1 Å². The molecule has 3 aromatic rings. The van der Waals surface area contributed by atoms with E-state index in [4.69, 9.17) is 9.15 Å². The number of esters is 1. The molecule has 1 aromatic heterocycles. The highest BCUT2D eigenvalue weighted by Crippen LogP contribution is 2.27. The Hall–Kier alpha value is -3.61. The summed E-state index contributed by atoms with van der Waals surface area (Å²) in [6.07, 6.45) is 8.43. The Morgan fingerprint density at radius 3 is 2.52 bits per heavy atom. The number of allylic oxidation sites excluding steroid dienone is 3. The molecule has 0 saturated carbocycles. The average Bonchev–Trinajstić information content (AvgIpc) is 2.80. The van der Waals surface area contributed by atoms with Gasteiger partial charge in [0.2, 0.25) is 0 Å². The Morgan fingerprint density at radius 1 is 1.03 bits per heavy atom. The molecule has 0 atom stereocenters. The number of fused-ring (bicyclic) bond motifs is 1. The molecule has 172 valence electrons. The topological polar surface area (TPSA) is 56.5 Å². The fourth-order valence-electron chi connectivity index (χ4n) is 3.31. The molecule has 1 heterocycles. The van der Waals surface area contributed by atoms with Crippen LogP contribution in [0.3, 0.4) is 0 Å². The lowest BCUT2D eigenvalue weighted by Crippen LogP contribution is -2.14. The first-order chi connectivity index (χ1) is 15.9. The maximum absolute atomic E-state index is 14.8. The van der Waals surface area contributed by atoms with Gasteiger partial charge in [-0.3, -0.25) is 0 Å². The van der Waals surface area contributed by atoms with E-state index in [1.165, 1.54) is 18.2 Å². The first kappa shape index (κ1) is 24.0. The fourth-order valence-corrected chi connectivity index (χ4v) is 3.31.